The van der Waals surface area contributed by atoms with E-state index in [1.807, 2.05) is 12.1 Å². The van der Waals surface area contributed by atoms with Crippen molar-refractivity contribution in [2.24, 2.45) is 0 Å². The molecule has 0 amide bonds. The lowest BCUT2D eigenvalue weighted by Gasteiger charge is -2.26. The van der Waals surface area contributed by atoms with Crippen LogP contribution in [0.3, 0.4) is 0 Å². The molecule has 1 heterocycles. The van der Waals surface area contributed by atoms with Gasteiger partial charge in [0, 0.05) is 19.6 Å². The average molecular weight is 482 g/mol. The molecule has 0 bridgehead atoms. The second-order valence-corrected chi connectivity index (χ2v) is 9.00. The minimum absolute atomic E-state index is 0. The number of esters is 1. The number of halogens is 1. The zero-order valence-electron chi connectivity index (χ0n) is 20.1. The molecule has 34 heavy (non-hydrogen) atoms. The number of morpholine rings is 1. The molecule has 1 saturated heterocycles. The number of hydrogen-bond donors (Lipinski definition) is 0. The van der Waals surface area contributed by atoms with Gasteiger partial charge in [-0.15, -0.1) is 12.4 Å². The minimum Gasteiger partial charge on any atom is -0.461 e. The summed E-state index contributed by atoms with van der Waals surface area (Å²) in [5, 5.41) is 2.70. The van der Waals surface area contributed by atoms with E-state index < -0.39 is 0 Å². The van der Waals surface area contributed by atoms with Crippen LogP contribution in [0.25, 0.3) is 10.8 Å². The van der Waals surface area contributed by atoms with E-state index in [1.165, 1.54) is 34.7 Å². The van der Waals surface area contributed by atoms with Crippen LogP contribution in [-0.2, 0) is 15.9 Å². The number of carbonyl (C=O) groups excluding carboxylic acids is 1. The lowest BCUT2D eigenvalue weighted by Crippen LogP contribution is -2.38. The SMILES string of the molecule is C[C@@H](CCCCc1ccc(C(=O)OCCN2CCOCC2)cc1)c1cccc2ccccc12.Cl. The first-order valence-electron chi connectivity index (χ1n) is 12.2. The van der Waals surface area contributed by atoms with Crippen LogP contribution in [0.1, 0.15) is 53.6 Å². The summed E-state index contributed by atoms with van der Waals surface area (Å²) in [5.74, 6) is 0.310. The summed E-state index contributed by atoms with van der Waals surface area (Å²) in [7, 11) is 0. The summed E-state index contributed by atoms with van der Waals surface area (Å²) in [6.07, 6.45) is 4.56. The molecule has 1 aliphatic rings. The monoisotopic (exact) mass is 481 g/mol. The van der Waals surface area contributed by atoms with Gasteiger partial charge in [0.1, 0.15) is 6.61 Å². The minimum atomic E-state index is -0.237. The molecule has 0 spiro atoms. The summed E-state index contributed by atoms with van der Waals surface area (Å²) in [5.41, 5.74) is 3.35. The van der Waals surface area contributed by atoms with Crippen molar-refractivity contribution in [3.8, 4) is 0 Å². The number of hydrogen-bond acceptors (Lipinski definition) is 4. The third-order valence-electron chi connectivity index (χ3n) is 6.64. The molecule has 1 aliphatic heterocycles. The smallest absolute Gasteiger partial charge is 0.338 e. The van der Waals surface area contributed by atoms with E-state index in [0.717, 1.165) is 45.7 Å². The van der Waals surface area contributed by atoms with Crippen LogP contribution in [0.4, 0.5) is 0 Å². The van der Waals surface area contributed by atoms with Gasteiger partial charge in [0.05, 0.1) is 18.8 Å². The highest BCUT2D eigenvalue weighted by molar-refractivity contribution is 5.89. The number of benzene rings is 3. The second-order valence-electron chi connectivity index (χ2n) is 9.00. The highest BCUT2D eigenvalue weighted by atomic mass is 35.5. The summed E-state index contributed by atoms with van der Waals surface area (Å²) in [4.78, 5) is 14.6. The van der Waals surface area contributed by atoms with Crippen molar-refractivity contribution in [2.75, 3.05) is 39.5 Å². The average Bonchev–Trinajstić information content (AvgIpc) is 2.87. The maximum atomic E-state index is 12.3. The van der Waals surface area contributed by atoms with E-state index in [1.54, 1.807) is 0 Å². The van der Waals surface area contributed by atoms with Crippen LogP contribution in [0.2, 0.25) is 0 Å². The Morgan fingerprint density at radius 2 is 1.71 bits per heavy atom. The summed E-state index contributed by atoms with van der Waals surface area (Å²) < 4.78 is 10.8. The molecule has 3 aromatic rings. The third-order valence-corrected chi connectivity index (χ3v) is 6.64. The van der Waals surface area contributed by atoms with Crippen LogP contribution < -0.4 is 0 Å². The zero-order valence-corrected chi connectivity index (χ0v) is 20.9. The number of ether oxygens (including phenoxy) is 2. The number of unbranched alkanes of at least 4 members (excludes halogenated alkanes) is 1. The van der Waals surface area contributed by atoms with Gasteiger partial charge in [0.15, 0.2) is 0 Å². The first-order chi connectivity index (χ1) is 16.2. The van der Waals surface area contributed by atoms with Gasteiger partial charge in [0.25, 0.3) is 0 Å². The number of carbonyl (C=O) groups is 1. The number of aryl methyl sites for hydroxylation is 1. The van der Waals surface area contributed by atoms with Gasteiger partial charge in [-0.05, 0) is 59.2 Å². The molecular formula is C29H36ClNO3. The summed E-state index contributed by atoms with van der Waals surface area (Å²) >= 11 is 0. The predicted octanol–water partition coefficient (Wildman–Crippen LogP) is 6.27. The van der Waals surface area contributed by atoms with Gasteiger partial charge >= 0.3 is 5.97 Å². The van der Waals surface area contributed by atoms with E-state index in [-0.39, 0.29) is 18.4 Å². The van der Waals surface area contributed by atoms with E-state index in [0.29, 0.717) is 18.1 Å². The van der Waals surface area contributed by atoms with E-state index >= 15 is 0 Å². The summed E-state index contributed by atoms with van der Waals surface area (Å²) in [6, 6.07) is 23.2. The fourth-order valence-electron chi connectivity index (χ4n) is 4.60. The van der Waals surface area contributed by atoms with Crippen molar-refractivity contribution >= 4 is 29.1 Å². The first kappa shape index (κ1) is 26.2. The van der Waals surface area contributed by atoms with E-state index in [4.69, 9.17) is 9.47 Å². The Morgan fingerprint density at radius 3 is 2.50 bits per heavy atom. The van der Waals surface area contributed by atoms with Crippen LogP contribution in [-0.4, -0.2) is 50.3 Å². The number of rotatable bonds is 10. The van der Waals surface area contributed by atoms with Crippen LogP contribution >= 0.6 is 12.4 Å². The Morgan fingerprint density at radius 1 is 0.971 bits per heavy atom. The van der Waals surface area contributed by atoms with Crippen molar-refractivity contribution in [2.45, 2.75) is 38.5 Å². The highest BCUT2D eigenvalue weighted by Gasteiger charge is 2.12. The van der Waals surface area contributed by atoms with Crippen LogP contribution in [0, 0.1) is 0 Å². The molecule has 182 valence electrons. The zero-order chi connectivity index (χ0) is 22.9. The largest absolute Gasteiger partial charge is 0.461 e. The molecule has 0 unspecified atom stereocenters. The molecule has 4 nitrogen and oxygen atoms in total. The Labute approximate surface area is 209 Å². The Kier molecular flexibility index (Phi) is 10.4. The maximum absolute atomic E-state index is 12.3. The molecular weight excluding hydrogens is 446 g/mol. The molecule has 3 aromatic carbocycles. The fourth-order valence-corrected chi connectivity index (χ4v) is 4.60. The Balaban J connectivity index is 0.00000324. The molecule has 1 fully saturated rings. The Bertz CT molecular complexity index is 1030. The molecule has 0 N–H and O–H groups in total. The molecule has 0 radical (unpaired) electrons. The van der Waals surface area contributed by atoms with Gasteiger partial charge in [-0.1, -0.05) is 67.9 Å². The van der Waals surface area contributed by atoms with Gasteiger partial charge in [-0.3, -0.25) is 4.90 Å². The summed E-state index contributed by atoms with van der Waals surface area (Å²) in [6.45, 7) is 6.87. The molecule has 0 saturated carbocycles. The van der Waals surface area contributed by atoms with Gasteiger partial charge in [0.2, 0.25) is 0 Å². The first-order valence-corrected chi connectivity index (χ1v) is 12.2. The van der Waals surface area contributed by atoms with Gasteiger partial charge < -0.3 is 9.47 Å². The van der Waals surface area contributed by atoms with Crippen molar-refractivity contribution in [3.05, 3.63) is 83.4 Å². The molecule has 4 rings (SSSR count). The van der Waals surface area contributed by atoms with Crippen molar-refractivity contribution in [3.63, 3.8) is 0 Å². The fraction of sp³-hybridized carbons (Fsp3) is 0.414. The lowest BCUT2D eigenvalue weighted by molar-refractivity contribution is 0.0195. The predicted molar refractivity (Wildman–Crippen MR) is 141 cm³/mol. The van der Waals surface area contributed by atoms with E-state index in [9.17, 15) is 4.79 Å². The third kappa shape index (κ3) is 7.30. The van der Waals surface area contributed by atoms with Crippen LogP contribution in [0.5, 0.6) is 0 Å². The number of nitrogens with zero attached hydrogens (tertiary/aromatic N) is 1. The topological polar surface area (TPSA) is 38.8 Å². The molecule has 0 aliphatic carbocycles. The Hall–Kier alpha value is -2.40. The van der Waals surface area contributed by atoms with Gasteiger partial charge in [-0.2, -0.15) is 0 Å². The van der Waals surface area contributed by atoms with Crippen molar-refractivity contribution in [1.82, 2.24) is 4.90 Å². The number of fused-ring (bicyclic) bond motifs is 1. The normalized spacial score (nSPS) is 15.0. The highest BCUT2D eigenvalue weighted by Crippen LogP contribution is 2.29. The lowest BCUT2D eigenvalue weighted by atomic mass is 9.90. The maximum Gasteiger partial charge on any atom is 0.338 e. The van der Waals surface area contributed by atoms with Gasteiger partial charge in [-0.25, -0.2) is 4.79 Å². The van der Waals surface area contributed by atoms with Crippen LogP contribution in [0.15, 0.2) is 66.7 Å². The molecule has 5 heteroatoms. The van der Waals surface area contributed by atoms with Crippen molar-refractivity contribution in [1.29, 1.82) is 0 Å². The second kappa shape index (κ2) is 13.5. The van der Waals surface area contributed by atoms with Crippen molar-refractivity contribution < 1.29 is 14.3 Å². The molecule has 0 aromatic heterocycles. The van der Waals surface area contributed by atoms with E-state index in [2.05, 4.69) is 66.4 Å². The molecule has 1 atom stereocenters. The standard InChI is InChI=1S/C29H35NO3.ClH/c1-23(27-12-6-10-25-9-4-5-11-28(25)27)7-2-3-8-24-13-15-26(16-14-24)29(31)33-22-19-30-17-20-32-21-18-30;/h4-6,9-16,23H,2-3,7-8,17-22H2,1H3;1H/t23-;/m0./s1. The quantitative estimate of drug-likeness (QED) is 0.253.